The monoisotopic (exact) mass is 396 g/mol. The Hall–Kier alpha value is -3.55. The molecule has 8 heteroatoms. The predicted molar refractivity (Wildman–Crippen MR) is 111 cm³/mol. The van der Waals surface area contributed by atoms with Gasteiger partial charge in [-0.3, -0.25) is 4.79 Å². The van der Waals surface area contributed by atoms with Crippen molar-refractivity contribution >= 4 is 35.0 Å². The number of primary amides is 1. The number of nitrogens with two attached hydrogens (primary N) is 1. The molecule has 0 spiro atoms. The van der Waals surface area contributed by atoms with E-state index in [4.69, 9.17) is 10.5 Å². The Morgan fingerprint density at radius 3 is 2.07 bits per heavy atom. The van der Waals surface area contributed by atoms with Crippen LogP contribution >= 0.6 is 0 Å². The van der Waals surface area contributed by atoms with Crippen LogP contribution in [0.4, 0.5) is 21.9 Å². The number of carbonyl (C=O) groups excluding carboxylic acids is 3. The number of nitrogens with one attached hydrogen (secondary N) is 2. The van der Waals surface area contributed by atoms with Crippen molar-refractivity contribution in [3.05, 3.63) is 54.1 Å². The number of carbonyl (C=O) groups is 3. The van der Waals surface area contributed by atoms with Crippen LogP contribution in [-0.2, 0) is 9.53 Å². The molecule has 0 atom stereocenters. The Kier molecular flexibility index (Phi) is 6.67. The molecule has 0 unspecified atom stereocenters. The van der Waals surface area contributed by atoms with Crippen LogP contribution in [0.25, 0.3) is 0 Å². The van der Waals surface area contributed by atoms with Gasteiger partial charge in [0.15, 0.2) is 6.61 Å². The van der Waals surface area contributed by atoms with E-state index in [-0.39, 0.29) is 5.56 Å². The number of rotatable bonds is 6. The number of ether oxygens (including phenoxy) is 1. The van der Waals surface area contributed by atoms with Gasteiger partial charge in [0.25, 0.3) is 5.91 Å². The standard InChI is InChI=1S/C21H24N4O4/c22-21(28)24-17-6-4-15(5-7-17)20(27)29-14-19(26)23-16-8-10-18(11-9-16)25-12-2-1-3-13-25/h4-11H,1-3,12-14H2,(H,23,26)(H3,22,24,28). The van der Waals surface area contributed by atoms with E-state index in [0.717, 1.165) is 18.8 Å². The maximum Gasteiger partial charge on any atom is 0.338 e. The highest BCUT2D eigenvalue weighted by molar-refractivity contribution is 5.96. The number of urea groups is 1. The smallest absolute Gasteiger partial charge is 0.338 e. The summed E-state index contributed by atoms with van der Waals surface area (Å²) in [6, 6.07) is 12.9. The van der Waals surface area contributed by atoms with Crippen LogP contribution in [0.1, 0.15) is 29.6 Å². The van der Waals surface area contributed by atoms with E-state index in [9.17, 15) is 14.4 Å². The molecule has 29 heavy (non-hydrogen) atoms. The van der Waals surface area contributed by atoms with E-state index >= 15 is 0 Å². The van der Waals surface area contributed by atoms with Crippen molar-refractivity contribution in [2.24, 2.45) is 5.73 Å². The van der Waals surface area contributed by atoms with Gasteiger partial charge in [-0.05, 0) is 67.8 Å². The van der Waals surface area contributed by atoms with E-state index in [1.165, 1.54) is 43.5 Å². The number of esters is 1. The molecule has 0 aliphatic carbocycles. The normalized spacial score (nSPS) is 13.4. The molecule has 0 aromatic heterocycles. The summed E-state index contributed by atoms with van der Waals surface area (Å²) in [5.74, 6) is -1.05. The largest absolute Gasteiger partial charge is 0.452 e. The molecule has 1 saturated heterocycles. The summed E-state index contributed by atoms with van der Waals surface area (Å²) < 4.78 is 5.03. The van der Waals surface area contributed by atoms with Gasteiger partial charge in [0.05, 0.1) is 5.56 Å². The Morgan fingerprint density at radius 1 is 0.862 bits per heavy atom. The number of amides is 3. The first-order chi connectivity index (χ1) is 14.0. The molecule has 0 radical (unpaired) electrons. The maximum atomic E-state index is 12.1. The van der Waals surface area contributed by atoms with Gasteiger partial charge in [-0.25, -0.2) is 9.59 Å². The van der Waals surface area contributed by atoms with Crippen molar-refractivity contribution < 1.29 is 19.1 Å². The minimum Gasteiger partial charge on any atom is -0.452 e. The summed E-state index contributed by atoms with van der Waals surface area (Å²) in [6.07, 6.45) is 3.68. The Bertz CT molecular complexity index is 859. The fourth-order valence-corrected chi connectivity index (χ4v) is 3.15. The van der Waals surface area contributed by atoms with E-state index in [0.29, 0.717) is 11.4 Å². The lowest BCUT2D eigenvalue weighted by Crippen LogP contribution is -2.29. The molecule has 1 aliphatic heterocycles. The maximum absolute atomic E-state index is 12.1. The van der Waals surface area contributed by atoms with Gasteiger partial charge in [-0.1, -0.05) is 0 Å². The highest BCUT2D eigenvalue weighted by atomic mass is 16.5. The highest BCUT2D eigenvalue weighted by Crippen LogP contribution is 2.21. The number of piperidine rings is 1. The molecule has 152 valence electrons. The van der Waals surface area contributed by atoms with Crippen molar-refractivity contribution in [2.45, 2.75) is 19.3 Å². The molecule has 1 aliphatic rings. The van der Waals surface area contributed by atoms with E-state index < -0.39 is 24.5 Å². The lowest BCUT2D eigenvalue weighted by atomic mass is 10.1. The van der Waals surface area contributed by atoms with Gasteiger partial charge >= 0.3 is 12.0 Å². The number of nitrogens with zero attached hydrogens (tertiary/aromatic N) is 1. The molecular formula is C21H24N4O4. The second-order valence-corrected chi connectivity index (χ2v) is 6.79. The van der Waals surface area contributed by atoms with Crippen molar-refractivity contribution in [3.8, 4) is 0 Å². The first kappa shape index (κ1) is 20.2. The summed E-state index contributed by atoms with van der Waals surface area (Å²) in [6.45, 7) is 1.72. The molecule has 8 nitrogen and oxygen atoms in total. The van der Waals surface area contributed by atoms with Crippen molar-refractivity contribution in [3.63, 3.8) is 0 Å². The van der Waals surface area contributed by atoms with E-state index in [2.05, 4.69) is 15.5 Å². The van der Waals surface area contributed by atoms with Gasteiger partial charge in [-0.15, -0.1) is 0 Å². The van der Waals surface area contributed by atoms with Crippen LogP contribution in [0.15, 0.2) is 48.5 Å². The zero-order chi connectivity index (χ0) is 20.6. The van der Waals surface area contributed by atoms with Gasteiger partial charge < -0.3 is 26.0 Å². The van der Waals surface area contributed by atoms with Crippen LogP contribution in [0.5, 0.6) is 0 Å². The lowest BCUT2D eigenvalue weighted by Gasteiger charge is -2.28. The summed E-state index contributed by atoms with van der Waals surface area (Å²) in [5.41, 5.74) is 7.53. The molecule has 3 amide bonds. The van der Waals surface area contributed by atoms with Crippen molar-refractivity contribution in [2.75, 3.05) is 35.2 Å². The zero-order valence-corrected chi connectivity index (χ0v) is 16.0. The first-order valence-electron chi connectivity index (χ1n) is 9.50. The van der Waals surface area contributed by atoms with E-state index in [1.807, 2.05) is 24.3 Å². The number of anilines is 3. The predicted octanol–water partition coefficient (Wildman–Crippen LogP) is 2.96. The second-order valence-electron chi connectivity index (χ2n) is 6.79. The fourth-order valence-electron chi connectivity index (χ4n) is 3.15. The number of hydrogen-bond acceptors (Lipinski definition) is 5. The first-order valence-corrected chi connectivity index (χ1v) is 9.50. The van der Waals surface area contributed by atoms with Crippen LogP contribution < -0.4 is 21.3 Å². The quantitative estimate of drug-likeness (QED) is 0.650. The van der Waals surface area contributed by atoms with Gasteiger partial charge in [0, 0.05) is 30.2 Å². The Labute approximate surface area is 169 Å². The average molecular weight is 396 g/mol. The molecule has 4 N–H and O–H groups in total. The van der Waals surface area contributed by atoms with Crippen LogP contribution in [0.2, 0.25) is 0 Å². The SMILES string of the molecule is NC(=O)Nc1ccc(C(=O)OCC(=O)Nc2ccc(N3CCCCC3)cc2)cc1. The topological polar surface area (TPSA) is 114 Å². The van der Waals surface area contributed by atoms with Crippen LogP contribution in [0.3, 0.4) is 0 Å². The summed E-state index contributed by atoms with van der Waals surface area (Å²) >= 11 is 0. The van der Waals surface area contributed by atoms with Crippen LogP contribution in [-0.4, -0.2) is 37.6 Å². The average Bonchev–Trinajstić information content (AvgIpc) is 2.73. The Balaban J connectivity index is 1.46. The lowest BCUT2D eigenvalue weighted by molar-refractivity contribution is -0.119. The molecule has 2 aromatic carbocycles. The zero-order valence-electron chi connectivity index (χ0n) is 16.0. The molecule has 3 rings (SSSR count). The summed E-state index contributed by atoms with van der Waals surface area (Å²) in [7, 11) is 0. The highest BCUT2D eigenvalue weighted by Gasteiger charge is 2.12. The van der Waals surface area contributed by atoms with Crippen molar-refractivity contribution in [1.82, 2.24) is 0 Å². The van der Waals surface area contributed by atoms with Crippen molar-refractivity contribution in [1.29, 1.82) is 0 Å². The molecule has 0 saturated carbocycles. The molecule has 1 fully saturated rings. The Morgan fingerprint density at radius 2 is 1.45 bits per heavy atom. The minimum atomic E-state index is -0.694. The number of benzene rings is 2. The molecule has 1 heterocycles. The second kappa shape index (κ2) is 9.59. The van der Waals surface area contributed by atoms with E-state index in [1.54, 1.807) is 0 Å². The summed E-state index contributed by atoms with van der Waals surface area (Å²) in [4.78, 5) is 37.2. The third-order valence-corrected chi connectivity index (χ3v) is 4.59. The summed E-state index contributed by atoms with van der Waals surface area (Å²) in [5, 5.41) is 5.11. The third-order valence-electron chi connectivity index (χ3n) is 4.59. The van der Waals surface area contributed by atoms with Gasteiger partial charge in [0.1, 0.15) is 0 Å². The minimum absolute atomic E-state index is 0.263. The van der Waals surface area contributed by atoms with Crippen LogP contribution in [0, 0.1) is 0 Å². The fraction of sp³-hybridized carbons (Fsp3) is 0.286. The molecule has 2 aromatic rings. The molecular weight excluding hydrogens is 372 g/mol. The molecule has 0 bridgehead atoms. The van der Waals surface area contributed by atoms with Gasteiger partial charge in [-0.2, -0.15) is 0 Å². The number of hydrogen-bond donors (Lipinski definition) is 3. The third kappa shape index (κ3) is 5.97. The van der Waals surface area contributed by atoms with Gasteiger partial charge in [0.2, 0.25) is 0 Å².